The van der Waals surface area contributed by atoms with E-state index in [0.29, 0.717) is 12.8 Å². The van der Waals surface area contributed by atoms with Gasteiger partial charge >= 0.3 is 0 Å². The van der Waals surface area contributed by atoms with E-state index < -0.39 is 17.4 Å². The molecule has 2 saturated heterocycles. The van der Waals surface area contributed by atoms with E-state index in [1.807, 2.05) is 0 Å². The molecule has 2 rings (SSSR count). The van der Waals surface area contributed by atoms with Crippen LogP contribution in [0.25, 0.3) is 0 Å². The number of hydrogen-bond acceptors (Lipinski definition) is 6. The van der Waals surface area contributed by atoms with Crippen LogP contribution in [0.4, 0.5) is 0 Å². The molecule has 34 heavy (non-hydrogen) atoms. The van der Waals surface area contributed by atoms with Crippen molar-refractivity contribution in [3.8, 4) is 0 Å². The monoisotopic (exact) mass is 478 g/mol. The van der Waals surface area contributed by atoms with Gasteiger partial charge in [-0.3, -0.25) is 0 Å². The number of piperidine rings is 2. The van der Waals surface area contributed by atoms with Gasteiger partial charge in [0.2, 0.25) is 0 Å². The highest BCUT2D eigenvalue weighted by Crippen LogP contribution is 2.55. The highest BCUT2D eigenvalue weighted by molar-refractivity contribution is 5.74. The van der Waals surface area contributed by atoms with Gasteiger partial charge in [0.25, 0.3) is 0 Å². The summed E-state index contributed by atoms with van der Waals surface area (Å²) < 4.78 is 0. The van der Waals surface area contributed by atoms with E-state index in [1.165, 1.54) is 0 Å². The van der Waals surface area contributed by atoms with E-state index >= 15 is 0 Å². The Labute approximate surface area is 208 Å². The van der Waals surface area contributed by atoms with Gasteiger partial charge in [0, 0.05) is 40.5 Å². The fourth-order valence-electron chi connectivity index (χ4n) is 7.35. The van der Waals surface area contributed by atoms with Crippen molar-refractivity contribution in [2.24, 2.45) is 29.1 Å². The number of aliphatic carboxylic acids is 2. The van der Waals surface area contributed by atoms with Crippen LogP contribution in [-0.2, 0) is 9.59 Å². The molecule has 2 aliphatic rings. The summed E-state index contributed by atoms with van der Waals surface area (Å²) in [6, 6.07) is 0.471. The molecule has 198 valence electrons. The minimum atomic E-state index is -0.996. The second-order valence-corrected chi connectivity index (χ2v) is 12.9. The first kappa shape index (κ1) is 29.1. The van der Waals surface area contributed by atoms with Crippen LogP contribution in [0.5, 0.6) is 0 Å². The van der Waals surface area contributed by atoms with E-state index in [-0.39, 0.29) is 53.3 Å². The molecule has 0 radical (unpaired) electrons. The fraction of sp³-hybridized carbons (Fsp3) is 0.929. The molecule has 2 fully saturated rings. The van der Waals surface area contributed by atoms with Crippen molar-refractivity contribution in [2.45, 2.75) is 136 Å². The van der Waals surface area contributed by atoms with Crippen LogP contribution in [0.3, 0.4) is 0 Å². The molecular formula is C28H50N2O4-2. The number of rotatable bonds is 11. The zero-order chi connectivity index (χ0) is 25.9. The largest absolute Gasteiger partial charge is 0.550 e. The fourth-order valence-corrected chi connectivity index (χ4v) is 7.35. The van der Waals surface area contributed by atoms with Gasteiger partial charge < -0.3 is 30.4 Å². The predicted octanol–water partition coefficient (Wildman–Crippen LogP) is 3.03. The summed E-state index contributed by atoms with van der Waals surface area (Å²) in [6.45, 7) is 17.6. The first-order valence-corrected chi connectivity index (χ1v) is 13.6. The van der Waals surface area contributed by atoms with Gasteiger partial charge in [0.05, 0.1) is 0 Å². The molecule has 2 heterocycles. The van der Waals surface area contributed by atoms with E-state index in [9.17, 15) is 19.8 Å². The van der Waals surface area contributed by atoms with Crippen molar-refractivity contribution in [3.63, 3.8) is 0 Å². The number of carbonyl (C=O) groups is 2. The first-order chi connectivity index (χ1) is 15.6. The van der Waals surface area contributed by atoms with Crippen molar-refractivity contribution in [1.82, 2.24) is 10.6 Å². The highest BCUT2D eigenvalue weighted by Gasteiger charge is 2.56. The van der Waals surface area contributed by atoms with Crippen LogP contribution in [0, 0.1) is 29.1 Å². The summed E-state index contributed by atoms with van der Waals surface area (Å²) in [5.41, 5.74) is -1.13. The molecule has 2 N–H and O–H groups in total. The molecular weight excluding hydrogens is 428 g/mol. The average molecular weight is 479 g/mol. The van der Waals surface area contributed by atoms with Gasteiger partial charge in [-0.15, -0.1) is 0 Å². The van der Waals surface area contributed by atoms with Crippen LogP contribution < -0.4 is 20.8 Å². The van der Waals surface area contributed by atoms with Crippen molar-refractivity contribution >= 4 is 11.9 Å². The standard InChI is InChI=1S/C28H52N2O4/c1-18-20(3)29-26(5,6)16-22(18)28(25(33)34,15-13-11-9-10-12-14-24(31)32)23-17-27(7,8)30-21(4)19(23)2/h18-23,29-30H,9-17H2,1-8H3,(H,31,32)(H,33,34)/p-2. The Balaban J connectivity index is 2.37. The lowest BCUT2D eigenvalue weighted by Gasteiger charge is -2.60. The average Bonchev–Trinajstić information content (AvgIpc) is 2.69. The highest BCUT2D eigenvalue weighted by atomic mass is 16.4. The molecule has 6 atom stereocenters. The lowest BCUT2D eigenvalue weighted by molar-refractivity contribution is -0.330. The summed E-state index contributed by atoms with van der Waals surface area (Å²) in [5.74, 6) is -1.33. The van der Waals surface area contributed by atoms with Gasteiger partial charge in [-0.25, -0.2) is 0 Å². The summed E-state index contributed by atoms with van der Waals surface area (Å²) >= 11 is 0. The Hall–Kier alpha value is -1.14. The molecule has 0 bridgehead atoms. The van der Waals surface area contributed by atoms with Gasteiger partial charge in [-0.2, -0.15) is 0 Å². The van der Waals surface area contributed by atoms with E-state index in [0.717, 1.165) is 38.5 Å². The number of carboxylic acid groups (broad SMARTS) is 2. The van der Waals surface area contributed by atoms with Gasteiger partial charge in [0.1, 0.15) is 0 Å². The maximum absolute atomic E-state index is 13.4. The van der Waals surface area contributed by atoms with E-state index in [1.54, 1.807) is 0 Å². The SMILES string of the molecule is CC1NC(C)(C)CC(C(CCCCCCCC(=O)[O-])(C(=O)[O-])C2CC(C)(C)NC(C)C2C)C1C. The molecule has 0 aromatic heterocycles. The van der Waals surface area contributed by atoms with Gasteiger partial charge in [-0.1, -0.05) is 39.5 Å². The predicted molar refractivity (Wildman–Crippen MR) is 133 cm³/mol. The maximum Gasteiger partial charge on any atom is 0.0482 e. The molecule has 2 aliphatic heterocycles. The van der Waals surface area contributed by atoms with Crippen LogP contribution in [-0.4, -0.2) is 35.1 Å². The third-order valence-electron chi connectivity index (χ3n) is 9.22. The second-order valence-electron chi connectivity index (χ2n) is 12.9. The van der Waals surface area contributed by atoms with E-state index in [2.05, 4.69) is 66.0 Å². The van der Waals surface area contributed by atoms with Crippen LogP contribution >= 0.6 is 0 Å². The molecule has 0 aromatic rings. The molecule has 0 aliphatic carbocycles. The zero-order valence-corrected chi connectivity index (χ0v) is 23.0. The molecule has 6 heteroatoms. The molecule has 6 unspecified atom stereocenters. The minimum Gasteiger partial charge on any atom is -0.550 e. The number of hydrogen-bond donors (Lipinski definition) is 2. The second kappa shape index (κ2) is 11.3. The van der Waals surface area contributed by atoms with Crippen molar-refractivity contribution in [3.05, 3.63) is 0 Å². The molecule has 0 aromatic carbocycles. The number of carbonyl (C=O) groups excluding carboxylic acids is 2. The summed E-state index contributed by atoms with van der Waals surface area (Å²) in [4.78, 5) is 24.0. The number of carboxylic acids is 2. The summed E-state index contributed by atoms with van der Waals surface area (Å²) in [7, 11) is 0. The zero-order valence-electron chi connectivity index (χ0n) is 23.0. The lowest BCUT2D eigenvalue weighted by atomic mass is 9.50. The third kappa shape index (κ3) is 6.75. The quantitative estimate of drug-likeness (QED) is 0.442. The minimum absolute atomic E-state index is 0.0374. The van der Waals surface area contributed by atoms with Crippen LogP contribution in [0.1, 0.15) is 113 Å². The third-order valence-corrected chi connectivity index (χ3v) is 9.22. The smallest absolute Gasteiger partial charge is 0.0482 e. The van der Waals surface area contributed by atoms with Crippen LogP contribution in [0.2, 0.25) is 0 Å². The van der Waals surface area contributed by atoms with Crippen molar-refractivity contribution < 1.29 is 19.8 Å². The first-order valence-electron chi connectivity index (χ1n) is 13.6. The van der Waals surface area contributed by atoms with Crippen molar-refractivity contribution in [1.29, 1.82) is 0 Å². The number of nitrogens with one attached hydrogen (secondary N) is 2. The van der Waals surface area contributed by atoms with Gasteiger partial charge in [0.15, 0.2) is 0 Å². The normalized spacial score (nSPS) is 34.8. The maximum atomic E-state index is 13.4. The Kier molecular flexibility index (Phi) is 9.65. The Morgan fingerprint density at radius 3 is 1.59 bits per heavy atom. The molecule has 0 amide bonds. The Morgan fingerprint density at radius 2 is 1.18 bits per heavy atom. The van der Waals surface area contributed by atoms with Gasteiger partial charge in [-0.05, 0) is 97.3 Å². The Morgan fingerprint density at radius 1 is 0.765 bits per heavy atom. The summed E-state index contributed by atoms with van der Waals surface area (Å²) in [6.07, 6.45) is 6.51. The molecule has 0 saturated carbocycles. The molecule has 6 nitrogen and oxygen atoms in total. The van der Waals surface area contributed by atoms with Crippen LogP contribution in [0.15, 0.2) is 0 Å². The van der Waals surface area contributed by atoms with Crippen molar-refractivity contribution in [2.75, 3.05) is 0 Å². The number of unbranched alkanes of at least 4 members (excludes halogenated alkanes) is 4. The molecule has 0 spiro atoms. The van der Waals surface area contributed by atoms with E-state index in [4.69, 9.17) is 0 Å². The summed E-state index contributed by atoms with van der Waals surface area (Å²) in [5, 5.41) is 31.4. The topological polar surface area (TPSA) is 104 Å². The lowest BCUT2D eigenvalue weighted by Crippen LogP contribution is -2.67. The Bertz CT molecular complexity index is 669.